The molecule has 4 atom stereocenters. The molecule has 4 aromatic rings. The van der Waals surface area contributed by atoms with Gasteiger partial charge in [-0.25, -0.2) is 4.79 Å². The number of hydrogen-bond acceptors (Lipinski definition) is 7. The summed E-state index contributed by atoms with van der Waals surface area (Å²) in [6, 6.07) is 9.92. The Kier molecular flexibility index (Phi) is 11.3. The van der Waals surface area contributed by atoms with Gasteiger partial charge in [0.05, 0.1) is 12.6 Å². The minimum atomic E-state index is -1.27. The third-order valence-electron chi connectivity index (χ3n) is 7.65. The lowest BCUT2D eigenvalue weighted by molar-refractivity contribution is -0.141. The minimum Gasteiger partial charge on any atom is -0.481 e. The summed E-state index contributed by atoms with van der Waals surface area (Å²) < 4.78 is 0. The number of carboxylic acid groups (broad SMARTS) is 2. The van der Waals surface area contributed by atoms with Crippen LogP contribution in [-0.2, 0) is 41.6 Å². The quantitative estimate of drug-likeness (QED) is 0.0810. The summed E-state index contributed by atoms with van der Waals surface area (Å²) in [4.78, 5) is 80.6. The van der Waals surface area contributed by atoms with E-state index in [1.807, 2.05) is 48.5 Å². The first kappa shape index (κ1) is 34.2. The molecular weight excluding hydrogens is 610 g/mol. The molecule has 0 unspecified atom stereocenters. The van der Waals surface area contributed by atoms with Crippen LogP contribution in [0.15, 0.2) is 60.9 Å². The number of nitrogens with one attached hydrogen (secondary N) is 6. The molecule has 0 aliphatic heterocycles. The van der Waals surface area contributed by atoms with Crippen LogP contribution in [0, 0.1) is 0 Å². The van der Waals surface area contributed by atoms with Gasteiger partial charge in [-0.15, -0.1) is 0 Å². The Hall–Kier alpha value is -5.70. The largest absolute Gasteiger partial charge is 0.481 e. The smallest absolute Gasteiger partial charge is 0.326 e. The highest BCUT2D eigenvalue weighted by molar-refractivity contribution is 5.95. The lowest BCUT2D eigenvalue weighted by Gasteiger charge is -2.22. The molecule has 0 radical (unpaired) electrons. The van der Waals surface area contributed by atoms with Crippen molar-refractivity contribution in [3.8, 4) is 0 Å². The van der Waals surface area contributed by atoms with Crippen molar-refractivity contribution in [2.75, 3.05) is 6.54 Å². The second-order valence-electron chi connectivity index (χ2n) is 11.1. The van der Waals surface area contributed by atoms with E-state index in [-0.39, 0.29) is 25.7 Å². The maximum absolute atomic E-state index is 13.4. The van der Waals surface area contributed by atoms with Gasteiger partial charge in [-0.2, -0.15) is 0 Å². The van der Waals surface area contributed by atoms with Crippen molar-refractivity contribution in [1.82, 2.24) is 31.2 Å². The second-order valence-corrected chi connectivity index (χ2v) is 11.1. The Morgan fingerprint density at radius 3 is 1.85 bits per heavy atom. The van der Waals surface area contributed by atoms with E-state index in [4.69, 9.17) is 10.8 Å². The summed E-state index contributed by atoms with van der Waals surface area (Å²) in [6.45, 7) is 0.812. The summed E-state index contributed by atoms with van der Waals surface area (Å²) >= 11 is 0. The zero-order chi connectivity index (χ0) is 34.1. The highest BCUT2D eigenvalue weighted by Crippen LogP contribution is 2.20. The van der Waals surface area contributed by atoms with Gasteiger partial charge in [0.2, 0.25) is 23.6 Å². The van der Waals surface area contributed by atoms with Crippen molar-refractivity contribution in [1.29, 1.82) is 0 Å². The van der Waals surface area contributed by atoms with Gasteiger partial charge >= 0.3 is 11.9 Å². The van der Waals surface area contributed by atoms with E-state index >= 15 is 0 Å². The minimum absolute atomic E-state index is 0.00184. The number of amides is 4. The van der Waals surface area contributed by atoms with Crippen molar-refractivity contribution in [2.45, 2.75) is 56.8 Å². The second kappa shape index (κ2) is 15.5. The van der Waals surface area contributed by atoms with Crippen LogP contribution in [0.25, 0.3) is 21.8 Å². The van der Waals surface area contributed by atoms with Crippen molar-refractivity contribution in [2.24, 2.45) is 5.73 Å². The predicted octanol–water partition coefficient (Wildman–Crippen LogP) is 0.302. The lowest BCUT2D eigenvalue weighted by Crippen LogP contribution is -2.56. The number of benzene rings is 2. The number of aliphatic carboxylic acids is 2. The molecular formula is C32H37N7O8. The number of rotatable bonds is 16. The fraction of sp³-hybridized carbons (Fsp3) is 0.312. The van der Waals surface area contributed by atoms with Crippen LogP contribution in [0.5, 0.6) is 0 Å². The first-order chi connectivity index (χ1) is 22.4. The van der Waals surface area contributed by atoms with Crippen LogP contribution in [0.1, 0.15) is 30.9 Å². The normalized spacial score (nSPS) is 13.7. The number of hydrogen-bond donors (Lipinski definition) is 9. The van der Waals surface area contributed by atoms with Crippen molar-refractivity contribution in [3.63, 3.8) is 0 Å². The van der Waals surface area contributed by atoms with E-state index in [9.17, 15) is 33.9 Å². The van der Waals surface area contributed by atoms with E-state index < -0.39 is 66.3 Å². The molecule has 2 aromatic heterocycles. The Bertz CT molecular complexity index is 1780. The summed E-state index contributed by atoms with van der Waals surface area (Å²) in [5, 5.41) is 30.1. The van der Waals surface area contributed by atoms with Gasteiger partial charge in [-0.3, -0.25) is 24.0 Å². The number of carboxylic acids is 2. The number of carbonyl (C=O) groups is 6. The zero-order valence-corrected chi connectivity index (χ0v) is 25.5. The van der Waals surface area contributed by atoms with Gasteiger partial charge in [-0.05, 0) is 36.6 Å². The van der Waals surface area contributed by atoms with Crippen molar-refractivity contribution < 1.29 is 39.0 Å². The third kappa shape index (κ3) is 9.17. The molecule has 0 aliphatic carbocycles. The van der Waals surface area contributed by atoms with Crippen molar-refractivity contribution >= 4 is 57.4 Å². The summed E-state index contributed by atoms with van der Waals surface area (Å²) in [7, 11) is 0. The SMILES string of the molecule is C[C@H](NC(=O)[C@@H](N)CCC(=O)O)C(=O)N[C@@H](Cc1c[nH]c2ccccc12)C(=O)NCC(=O)N[C@@H](Cc1c[nH]c2ccccc12)C(=O)O. The molecule has 0 spiro atoms. The lowest BCUT2D eigenvalue weighted by atomic mass is 10.0. The van der Waals surface area contributed by atoms with Gasteiger partial charge < -0.3 is 47.2 Å². The van der Waals surface area contributed by atoms with Gasteiger partial charge in [0, 0.05) is 53.5 Å². The maximum Gasteiger partial charge on any atom is 0.326 e. The molecule has 0 bridgehead atoms. The highest BCUT2D eigenvalue weighted by Gasteiger charge is 2.28. The van der Waals surface area contributed by atoms with E-state index in [1.54, 1.807) is 12.4 Å². The van der Waals surface area contributed by atoms with Crippen LogP contribution in [0.3, 0.4) is 0 Å². The first-order valence-corrected chi connectivity index (χ1v) is 14.9. The average molecular weight is 648 g/mol. The predicted molar refractivity (Wildman–Crippen MR) is 171 cm³/mol. The number of carbonyl (C=O) groups excluding carboxylic acids is 4. The third-order valence-corrected chi connectivity index (χ3v) is 7.65. The number of nitrogens with two attached hydrogens (primary N) is 1. The molecule has 10 N–H and O–H groups in total. The zero-order valence-electron chi connectivity index (χ0n) is 25.5. The molecule has 47 heavy (non-hydrogen) atoms. The van der Waals surface area contributed by atoms with E-state index in [0.29, 0.717) is 11.1 Å². The molecule has 15 nitrogen and oxygen atoms in total. The Morgan fingerprint density at radius 1 is 0.745 bits per heavy atom. The molecule has 0 saturated heterocycles. The average Bonchev–Trinajstić information content (AvgIpc) is 3.65. The molecule has 0 fully saturated rings. The molecule has 0 aliphatic rings. The molecule has 0 saturated carbocycles. The Balaban J connectivity index is 1.41. The number of aromatic nitrogens is 2. The van der Waals surface area contributed by atoms with Gasteiger partial charge in [-0.1, -0.05) is 36.4 Å². The first-order valence-electron chi connectivity index (χ1n) is 14.9. The summed E-state index contributed by atoms with van der Waals surface area (Å²) in [5.74, 6) is -5.30. The van der Waals surface area contributed by atoms with Crippen LogP contribution >= 0.6 is 0 Å². The van der Waals surface area contributed by atoms with Gasteiger partial charge in [0.25, 0.3) is 0 Å². The summed E-state index contributed by atoms with van der Waals surface area (Å²) in [6.07, 6.45) is 2.93. The van der Waals surface area contributed by atoms with Crippen LogP contribution in [0.4, 0.5) is 0 Å². The molecule has 2 aromatic carbocycles. The van der Waals surface area contributed by atoms with E-state index in [1.165, 1.54) is 6.92 Å². The molecule has 4 rings (SSSR count). The number of aromatic amines is 2. The molecule has 4 amide bonds. The fourth-order valence-corrected chi connectivity index (χ4v) is 5.08. The van der Waals surface area contributed by atoms with Gasteiger partial charge in [0.15, 0.2) is 0 Å². The van der Waals surface area contributed by atoms with E-state index in [0.717, 1.165) is 21.8 Å². The molecule has 15 heteroatoms. The number of fused-ring (bicyclic) bond motifs is 2. The Labute approximate surface area is 268 Å². The topological polar surface area (TPSA) is 249 Å². The van der Waals surface area contributed by atoms with Gasteiger partial charge in [0.1, 0.15) is 18.1 Å². The maximum atomic E-state index is 13.4. The molecule has 248 valence electrons. The van der Waals surface area contributed by atoms with Crippen LogP contribution < -0.4 is 27.0 Å². The number of H-pyrrole nitrogens is 2. The monoisotopic (exact) mass is 647 g/mol. The van der Waals surface area contributed by atoms with Crippen molar-refractivity contribution in [3.05, 3.63) is 72.1 Å². The fourth-order valence-electron chi connectivity index (χ4n) is 5.08. The van der Waals surface area contributed by atoms with Crippen LogP contribution in [-0.4, -0.2) is 86.5 Å². The number of para-hydroxylation sites is 2. The molecule has 2 heterocycles. The Morgan fingerprint density at radius 2 is 1.30 bits per heavy atom. The van der Waals surface area contributed by atoms with Crippen LogP contribution in [0.2, 0.25) is 0 Å². The standard InChI is InChI=1S/C32H37N7O8/c1-17(37-30(44)22(33)10-11-28(41)42)29(43)39-25(12-18-14-34-23-8-4-2-6-20(18)23)31(45)36-16-27(40)38-26(32(46)47)13-19-15-35-24-9-5-3-7-21(19)24/h2-9,14-15,17,22,25-26,34-35H,10-13,16,33H2,1H3,(H,36,45)(H,37,44)(H,38,40)(H,39,43)(H,41,42)(H,46,47)/t17-,22-,25-,26-/m0/s1. The van der Waals surface area contributed by atoms with E-state index in [2.05, 4.69) is 31.2 Å². The highest BCUT2D eigenvalue weighted by atomic mass is 16.4. The summed E-state index contributed by atoms with van der Waals surface area (Å²) in [5.41, 5.74) is 8.76.